The van der Waals surface area contributed by atoms with E-state index in [0.29, 0.717) is 0 Å². The number of alkyl halides is 3. The minimum absolute atomic E-state index is 0.166. The van der Waals surface area contributed by atoms with Gasteiger partial charge in [0.2, 0.25) is 0 Å². The number of carbonyl (C=O) groups excluding carboxylic acids is 1. The molecular formula is C15H9BrClF3N2O3. The third-order valence-electron chi connectivity index (χ3n) is 3.17. The van der Waals surface area contributed by atoms with Crippen LogP contribution in [-0.2, 0) is 0 Å². The number of benzene rings is 2. The Bertz CT molecular complexity index is 817. The molecule has 0 saturated heterocycles. The fourth-order valence-corrected chi connectivity index (χ4v) is 2.49. The highest BCUT2D eigenvalue weighted by Crippen LogP contribution is 2.46. The van der Waals surface area contributed by atoms with Gasteiger partial charge in [0.25, 0.3) is 0 Å². The van der Waals surface area contributed by atoms with Gasteiger partial charge in [-0.2, -0.15) is 13.2 Å². The van der Waals surface area contributed by atoms with Crippen molar-refractivity contribution in [2.45, 2.75) is 12.1 Å². The number of anilines is 1. The minimum Gasteiger partial charge on any atom is -0.424 e. The highest BCUT2D eigenvalue weighted by atomic mass is 79.9. The Hall–Kier alpha value is -2.13. The van der Waals surface area contributed by atoms with Crippen molar-refractivity contribution in [3.63, 3.8) is 0 Å². The number of halogens is 5. The molecule has 2 N–H and O–H groups in total. The predicted octanol–water partition coefficient (Wildman–Crippen LogP) is 4.91. The number of amides is 2. The van der Waals surface area contributed by atoms with Gasteiger partial charge in [-0.15, -0.1) is 0 Å². The van der Waals surface area contributed by atoms with Crippen LogP contribution in [0.2, 0.25) is 5.02 Å². The summed E-state index contributed by atoms with van der Waals surface area (Å²) in [5, 5.41) is 4.13. The second-order valence-corrected chi connectivity index (χ2v) is 6.35. The molecule has 0 saturated carbocycles. The first-order chi connectivity index (χ1) is 11.7. The van der Waals surface area contributed by atoms with Gasteiger partial charge in [0.1, 0.15) is 0 Å². The molecule has 1 aliphatic rings. The van der Waals surface area contributed by atoms with E-state index >= 15 is 0 Å². The highest BCUT2D eigenvalue weighted by Gasteiger charge is 2.65. The van der Waals surface area contributed by atoms with E-state index in [1.54, 1.807) is 17.4 Å². The average molecular weight is 438 g/mol. The van der Waals surface area contributed by atoms with E-state index in [4.69, 9.17) is 21.1 Å². The molecule has 0 spiro atoms. The summed E-state index contributed by atoms with van der Waals surface area (Å²) in [6.45, 7) is 0. The van der Waals surface area contributed by atoms with Crippen molar-refractivity contribution in [1.82, 2.24) is 5.32 Å². The molecule has 0 radical (unpaired) electrons. The molecule has 2 amide bonds. The smallest absolute Gasteiger partial charge is 0.424 e. The largest absolute Gasteiger partial charge is 0.492 e. The number of rotatable bonds is 2. The Kier molecular flexibility index (Phi) is 4.46. The first-order valence-corrected chi connectivity index (χ1v) is 7.95. The third-order valence-corrected chi connectivity index (χ3v) is 3.93. The van der Waals surface area contributed by atoms with E-state index in [2.05, 4.69) is 21.2 Å². The Balaban J connectivity index is 1.81. The van der Waals surface area contributed by atoms with Gasteiger partial charge in [0.05, 0.1) is 0 Å². The summed E-state index contributed by atoms with van der Waals surface area (Å²) in [5.74, 6) is -3.76. The minimum atomic E-state index is -5.05. The Morgan fingerprint density at radius 3 is 2.36 bits per heavy atom. The summed E-state index contributed by atoms with van der Waals surface area (Å²) in [7, 11) is 0. The number of urea groups is 1. The molecule has 1 heterocycles. The normalized spacial score (nSPS) is 18.8. The number of carbonyl (C=O) groups is 1. The second-order valence-electron chi connectivity index (χ2n) is 5.00. The third kappa shape index (κ3) is 3.62. The van der Waals surface area contributed by atoms with Gasteiger partial charge in [0.15, 0.2) is 11.5 Å². The summed E-state index contributed by atoms with van der Waals surface area (Å²) in [5.41, 5.74) is 0.289. The van der Waals surface area contributed by atoms with E-state index in [1.807, 2.05) is 0 Å². The van der Waals surface area contributed by atoms with Crippen LogP contribution >= 0.6 is 27.5 Å². The van der Waals surface area contributed by atoms with Gasteiger partial charge in [-0.05, 0) is 36.4 Å². The van der Waals surface area contributed by atoms with Crippen LogP contribution < -0.4 is 20.1 Å². The summed E-state index contributed by atoms with van der Waals surface area (Å²) in [6, 6.07) is 8.84. The number of ether oxygens (including phenoxy) is 2. The van der Waals surface area contributed by atoms with Gasteiger partial charge in [0, 0.05) is 21.2 Å². The fourth-order valence-electron chi connectivity index (χ4n) is 2.06. The van der Waals surface area contributed by atoms with E-state index < -0.39 is 18.1 Å². The van der Waals surface area contributed by atoms with Crippen molar-refractivity contribution >= 4 is 39.2 Å². The molecule has 5 nitrogen and oxygen atoms in total. The monoisotopic (exact) mass is 436 g/mol. The molecule has 10 heteroatoms. The van der Waals surface area contributed by atoms with Gasteiger partial charge in [-0.25, -0.2) is 4.79 Å². The van der Waals surface area contributed by atoms with Gasteiger partial charge in [-0.1, -0.05) is 27.5 Å². The second kappa shape index (κ2) is 6.30. The van der Waals surface area contributed by atoms with Crippen molar-refractivity contribution in [2.75, 3.05) is 5.32 Å². The molecule has 1 aliphatic heterocycles. The average Bonchev–Trinajstić information content (AvgIpc) is 2.87. The molecule has 0 bridgehead atoms. The van der Waals surface area contributed by atoms with Crippen molar-refractivity contribution in [3.8, 4) is 11.5 Å². The Morgan fingerprint density at radius 1 is 1.08 bits per heavy atom. The number of nitrogens with one attached hydrogen (secondary N) is 2. The van der Waals surface area contributed by atoms with Crippen molar-refractivity contribution in [2.24, 2.45) is 0 Å². The lowest BCUT2D eigenvalue weighted by Crippen LogP contribution is -2.65. The van der Waals surface area contributed by atoms with E-state index in [9.17, 15) is 18.0 Å². The summed E-state index contributed by atoms with van der Waals surface area (Å²) in [6.07, 6.45) is -5.05. The lowest BCUT2D eigenvalue weighted by atomic mass is 10.3. The molecular weight excluding hydrogens is 429 g/mol. The number of hydrogen-bond donors (Lipinski definition) is 2. The highest BCUT2D eigenvalue weighted by molar-refractivity contribution is 9.10. The van der Waals surface area contributed by atoms with Crippen LogP contribution in [0.5, 0.6) is 11.5 Å². The molecule has 0 aliphatic carbocycles. The lowest BCUT2D eigenvalue weighted by Gasteiger charge is -2.29. The maximum atomic E-state index is 13.5. The summed E-state index contributed by atoms with van der Waals surface area (Å²) >= 11 is 8.95. The number of hydrogen-bond acceptors (Lipinski definition) is 3. The topological polar surface area (TPSA) is 59.6 Å². The maximum Gasteiger partial charge on any atom is 0.492 e. The van der Waals surface area contributed by atoms with Gasteiger partial charge in [-0.3, -0.25) is 5.32 Å². The summed E-state index contributed by atoms with van der Waals surface area (Å²) in [4.78, 5) is 12.0. The lowest BCUT2D eigenvalue weighted by molar-refractivity contribution is -0.317. The van der Waals surface area contributed by atoms with Crippen molar-refractivity contribution in [3.05, 3.63) is 52.0 Å². The zero-order valence-electron chi connectivity index (χ0n) is 12.2. The molecule has 2 aromatic rings. The van der Waals surface area contributed by atoms with Gasteiger partial charge >= 0.3 is 18.1 Å². The van der Waals surface area contributed by atoms with Crippen molar-refractivity contribution in [1.29, 1.82) is 0 Å². The zero-order chi connectivity index (χ0) is 18.2. The SMILES string of the molecule is O=C(Nc1ccc(Br)cc1)N[C@]1(C(F)(F)F)Oc2ccc(Cl)cc2O1. The molecule has 3 rings (SSSR count). The summed E-state index contributed by atoms with van der Waals surface area (Å²) < 4.78 is 51.0. The molecule has 0 aromatic heterocycles. The van der Waals surface area contributed by atoms with Crippen LogP contribution in [-0.4, -0.2) is 18.1 Å². The quantitative estimate of drug-likeness (QED) is 0.702. The van der Waals surface area contributed by atoms with Crippen LogP contribution in [0.15, 0.2) is 46.9 Å². The first kappa shape index (κ1) is 17.7. The molecule has 0 unspecified atom stereocenters. The van der Waals surface area contributed by atoms with Crippen LogP contribution in [0.1, 0.15) is 0 Å². The Labute approximate surface area is 153 Å². The molecule has 1 atom stereocenters. The van der Waals surface area contributed by atoms with Crippen LogP contribution in [0.25, 0.3) is 0 Å². The van der Waals surface area contributed by atoms with Crippen LogP contribution in [0.4, 0.5) is 23.7 Å². The van der Waals surface area contributed by atoms with E-state index in [1.165, 1.54) is 30.3 Å². The molecule has 132 valence electrons. The Morgan fingerprint density at radius 2 is 1.72 bits per heavy atom. The predicted molar refractivity (Wildman–Crippen MR) is 87.8 cm³/mol. The van der Waals surface area contributed by atoms with E-state index in [0.717, 1.165) is 4.47 Å². The van der Waals surface area contributed by atoms with Crippen molar-refractivity contribution < 1.29 is 27.4 Å². The van der Waals surface area contributed by atoms with E-state index in [-0.39, 0.29) is 22.2 Å². The standard InChI is InChI=1S/C15H9BrClF3N2O3/c16-8-1-4-10(5-2-8)21-13(23)22-15(14(18,19)20)24-11-6-3-9(17)7-12(11)25-15/h1-7H,(H2,21,22,23)/t15-/m1/s1. The molecule has 25 heavy (non-hydrogen) atoms. The number of fused-ring (bicyclic) bond motifs is 1. The molecule has 2 aromatic carbocycles. The van der Waals surface area contributed by atoms with Crippen LogP contribution in [0, 0.1) is 0 Å². The molecule has 0 fully saturated rings. The zero-order valence-corrected chi connectivity index (χ0v) is 14.5. The van der Waals surface area contributed by atoms with Crippen LogP contribution in [0.3, 0.4) is 0 Å². The fraction of sp³-hybridized carbons (Fsp3) is 0.133. The van der Waals surface area contributed by atoms with Gasteiger partial charge < -0.3 is 14.8 Å². The maximum absolute atomic E-state index is 13.5. The first-order valence-electron chi connectivity index (χ1n) is 6.77.